The number of carbonyl (C=O) groups excluding carboxylic acids is 1. The average molecular weight is 407 g/mol. The van der Waals surface area contributed by atoms with Crippen molar-refractivity contribution in [3.05, 3.63) is 34.2 Å². The van der Waals surface area contributed by atoms with Crippen LogP contribution in [0, 0.1) is 5.92 Å². The summed E-state index contributed by atoms with van der Waals surface area (Å²) in [6, 6.07) is 5.38. The van der Waals surface area contributed by atoms with Gasteiger partial charge >= 0.3 is 0 Å². The fraction of sp³-hybridized carbons (Fsp3) is 0.647. The number of nitrogens with one attached hydrogen (secondary N) is 1. The van der Waals surface area contributed by atoms with Crippen LogP contribution in [0.4, 0.5) is 0 Å². The number of rotatable bonds is 4. The number of carbonyl (C=O) groups is 1. The van der Waals surface area contributed by atoms with Crippen molar-refractivity contribution in [2.24, 2.45) is 5.92 Å². The summed E-state index contributed by atoms with van der Waals surface area (Å²) in [5.41, 5.74) is 1.06. The molecule has 1 aromatic heterocycles. The van der Waals surface area contributed by atoms with E-state index in [1.54, 1.807) is 12.1 Å². The lowest BCUT2D eigenvalue weighted by Gasteiger charge is -2.47. The van der Waals surface area contributed by atoms with Crippen LogP contribution in [0.2, 0.25) is 0 Å². The zero-order valence-corrected chi connectivity index (χ0v) is 16.3. The number of fused-ring (bicyclic) bond motifs is 4. The zero-order chi connectivity index (χ0) is 18.2. The van der Waals surface area contributed by atoms with Gasteiger partial charge in [-0.3, -0.25) is 14.5 Å². The third-order valence-electron chi connectivity index (χ3n) is 4.96. The van der Waals surface area contributed by atoms with Crippen LogP contribution in [-0.2, 0) is 11.3 Å². The van der Waals surface area contributed by atoms with Gasteiger partial charge in [-0.25, -0.2) is 0 Å². The van der Waals surface area contributed by atoms with Gasteiger partial charge < -0.3 is 9.88 Å². The van der Waals surface area contributed by atoms with E-state index in [2.05, 4.69) is 5.32 Å². The minimum atomic E-state index is -1.62. The maximum absolute atomic E-state index is 12.1. The van der Waals surface area contributed by atoms with Gasteiger partial charge in [0.05, 0.1) is 0 Å². The van der Waals surface area contributed by atoms with Crippen molar-refractivity contribution in [3.8, 4) is 0 Å². The van der Waals surface area contributed by atoms with E-state index in [4.69, 9.17) is 34.8 Å². The van der Waals surface area contributed by atoms with Gasteiger partial charge in [0, 0.05) is 43.7 Å². The lowest BCUT2D eigenvalue weighted by Crippen LogP contribution is -2.60. The molecule has 1 amide bonds. The number of nitrogens with zero attached hydrogens (tertiary/aromatic N) is 2. The van der Waals surface area contributed by atoms with Gasteiger partial charge in [-0.2, -0.15) is 0 Å². The molecule has 2 aliphatic heterocycles. The third-order valence-corrected chi connectivity index (χ3v) is 5.58. The summed E-state index contributed by atoms with van der Waals surface area (Å²) >= 11 is 18.5. The van der Waals surface area contributed by atoms with Crippen LogP contribution in [0.5, 0.6) is 0 Å². The molecule has 3 atom stereocenters. The quantitative estimate of drug-likeness (QED) is 0.782. The third kappa shape index (κ3) is 4.16. The number of alkyl halides is 3. The Hall–Kier alpha value is -0.750. The van der Waals surface area contributed by atoms with Crippen molar-refractivity contribution in [1.29, 1.82) is 0 Å². The molecule has 1 aromatic rings. The highest BCUT2D eigenvalue weighted by molar-refractivity contribution is 6.68. The van der Waals surface area contributed by atoms with E-state index in [0.717, 1.165) is 18.5 Å². The smallest absolute Gasteiger partial charge is 0.250 e. The van der Waals surface area contributed by atoms with Gasteiger partial charge in [0.15, 0.2) is 0 Å². The van der Waals surface area contributed by atoms with E-state index >= 15 is 0 Å². The Bertz CT molecular complexity index is 701. The van der Waals surface area contributed by atoms with Gasteiger partial charge in [0.1, 0.15) is 6.17 Å². The molecule has 1 fully saturated rings. The van der Waals surface area contributed by atoms with Gasteiger partial charge in [0.25, 0.3) is 5.56 Å². The van der Waals surface area contributed by atoms with Gasteiger partial charge in [-0.15, -0.1) is 0 Å². The number of aromatic nitrogens is 1. The highest BCUT2D eigenvalue weighted by atomic mass is 35.6. The second-order valence-corrected chi connectivity index (χ2v) is 9.28. The molecular formula is C17H22Cl3N3O2. The van der Waals surface area contributed by atoms with Gasteiger partial charge in [0.2, 0.25) is 9.70 Å². The summed E-state index contributed by atoms with van der Waals surface area (Å²) in [5, 5.41) is 2.87. The lowest BCUT2D eigenvalue weighted by molar-refractivity contribution is -0.123. The maximum Gasteiger partial charge on any atom is 0.250 e. The largest absolute Gasteiger partial charge is 0.337 e. The minimum Gasteiger partial charge on any atom is -0.337 e. The fourth-order valence-electron chi connectivity index (χ4n) is 3.98. The standard InChI is InChI=1S/C17H22Cl3N3O2/c1-2-4-14(24)21-16(17(18,19)20)22-8-11-7-12(10-22)13-5-3-6-15(25)23(13)9-11/h3,5-6,11-12,16H,2,4,7-10H2,1H3,(H,21,24)/t11?,12-,16?/m0/s1. The highest BCUT2D eigenvalue weighted by Gasteiger charge is 2.44. The van der Waals surface area contributed by atoms with E-state index < -0.39 is 9.96 Å². The Balaban J connectivity index is 1.84. The Morgan fingerprint density at radius 2 is 2.08 bits per heavy atom. The monoisotopic (exact) mass is 405 g/mol. The first kappa shape index (κ1) is 19.0. The fourth-order valence-corrected chi connectivity index (χ4v) is 4.55. The number of pyridine rings is 1. The Morgan fingerprint density at radius 1 is 1.32 bits per heavy atom. The molecule has 2 aliphatic rings. The van der Waals surface area contributed by atoms with Crippen molar-refractivity contribution in [2.45, 2.75) is 48.6 Å². The second kappa shape index (κ2) is 7.47. The molecule has 1 saturated heterocycles. The number of hydrogen-bond acceptors (Lipinski definition) is 3. The average Bonchev–Trinajstić information content (AvgIpc) is 2.53. The summed E-state index contributed by atoms with van der Waals surface area (Å²) < 4.78 is 0.238. The first-order chi connectivity index (χ1) is 11.8. The number of likely N-dealkylation sites (tertiary alicyclic amines) is 1. The molecule has 0 spiro atoms. The number of hydrogen-bond donors (Lipinski definition) is 1. The van der Waals surface area contributed by atoms with Crippen LogP contribution in [0.3, 0.4) is 0 Å². The zero-order valence-electron chi connectivity index (χ0n) is 14.1. The van der Waals surface area contributed by atoms with E-state index in [-0.39, 0.29) is 17.4 Å². The molecule has 0 aliphatic carbocycles. The number of amides is 1. The molecule has 0 saturated carbocycles. The van der Waals surface area contributed by atoms with Crippen LogP contribution in [0.15, 0.2) is 23.0 Å². The van der Waals surface area contributed by atoms with E-state index in [9.17, 15) is 9.59 Å². The molecule has 3 heterocycles. The Labute approximate surface area is 162 Å². The van der Waals surface area contributed by atoms with Crippen molar-refractivity contribution < 1.29 is 4.79 Å². The first-order valence-electron chi connectivity index (χ1n) is 8.59. The molecule has 8 heteroatoms. The predicted octanol–water partition coefficient (Wildman–Crippen LogP) is 2.88. The van der Waals surface area contributed by atoms with Crippen molar-refractivity contribution in [3.63, 3.8) is 0 Å². The second-order valence-electron chi connectivity index (χ2n) is 6.91. The summed E-state index contributed by atoms with van der Waals surface area (Å²) in [6.45, 7) is 3.93. The molecule has 1 N–H and O–H groups in total. The Kier molecular flexibility index (Phi) is 5.69. The van der Waals surface area contributed by atoms with Crippen LogP contribution in [0.25, 0.3) is 0 Å². The molecule has 3 rings (SSSR count). The molecule has 2 bridgehead atoms. The van der Waals surface area contributed by atoms with Crippen molar-refractivity contribution >= 4 is 40.7 Å². The molecule has 0 aromatic carbocycles. The molecule has 25 heavy (non-hydrogen) atoms. The first-order valence-corrected chi connectivity index (χ1v) is 9.73. The number of halogens is 3. The summed E-state index contributed by atoms with van der Waals surface area (Å²) in [7, 11) is 0. The van der Waals surface area contributed by atoms with E-state index in [1.165, 1.54) is 0 Å². The van der Waals surface area contributed by atoms with Gasteiger partial charge in [-0.1, -0.05) is 47.8 Å². The van der Waals surface area contributed by atoms with Gasteiger partial charge in [-0.05, 0) is 24.8 Å². The molecular weight excluding hydrogens is 385 g/mol. The predicted molar refractivity (Wildman–Crippen MR) is 100 cm³/mol. The summed E-state index contributed by atoms with van der Waals surface area (Å²) in [6.07, 6.45) is 1.47. The van der Waals surface area contributed by atoms with Crippen LogP contribution < -0.4 is 10.9 Å². The SMILES string of the molecule is CCCC(=O)NC(N1CC2C[C@@H](C1)c1cccc(=O)n1C2)C(Cl)(Cl)Cl. The molecule has 5 nitrogen and oxygen atoms in total. The summed E-state index contributed by atoms with van der Waals surface area (Å²) in [5.74, 6) is 0.370. The maximum atomic E-state index is 12.1. The highest BCUT2D eigenvalue weighted by Crippen LogP contribution is 2.39. The van der Waals surface area contributed by atoms with Crippen LogP contribution in [-0.4, -0.2) is 38.4 Å². The van der Waals surface area contributed by atoms with Crippen molar-refractivity contribution in [2.75, 3.05) is 13.1 Å². The molecule has 0 radical (unpaired) electrons. The van der Waals surface area contributed by atoms with Crippen LogP contribution >= 0.6 is 34.8 Å². The van der Waals surface area contributed by atoms with E-state index in [1.807, 2.05) is 22.5 Å². The Morgan fingerprint density at radius 3 is 2.76 bits per heavy atom. The normalized spacial score (nSPS) is 24.5. The number of piperidine rings is 1. The molecule has 138 valence electrons. The summed E-state index contributed by atoms with van der Waals surface area (Å²) in [4.78, 5) is 26.2. The topological polar surface area (TPSA) is 54.3 Å². The van der Waals surface area contributed by atoms with Crippen LogP contribution in [0.1, 0.15) is 37.8 Å². The van der Waals surface area contributed by atoms with Crippen molar-refractivity contribution in [1.82, 2.24) is 14.8 Å². The molecule has 2 unspecified atom stereocenters. The van der Waals surface area contributed by atoms with E-state index in [0.29, 0.717) is 32.0 Å². The minimum absolute atomic E-state index is 0.0369. The lowest BCUT2D eigenvalue weighted by atomic mass is 9.83.